The number of ether oxygens (including phenoxy) is 1. The first-order valence-corrected chi connectivity index (χ1v) is 12.2. The number of amides is 1. The van der Waals surface area contributed by atoms with Crippen LogP contribution in [0.25, 0.3) is 5.69 Å². The third-order valence-corrected chi connectivity index (χ3v) is 6.84. The summed E-state index contributed by atoms with van der Waals surface area (Å²) in [5.74, 6) is 1.85. The van der Waals surface area contributed by atoms with E-state index in [0.29, 0.717) is 22.5 Å². The number of hydrogen-bond acceptors (Lipinski definition) is 5. The Morgan fingerprint density at radius 1 is 1.06 bits per heavy atom. The fraction of sp³-hybridized carbons (Fsp3) is 0.222. The van der Waals surface area contributed by atoms with Crippen molar-refractivity contribution in [2.45, 2.75) is 36.1 Å². The van der Waals surface area contributed by atoms with Gasteiger partial charge in [0.25, 0.3) is 0 Å². The van der Waals surface area contributed by atoms with E-state index in [2.05, 4.69) is 5.32 Å². The van der Waals surface area contributed by atoms with Crippen LogP contribution in [0.15, 0.2) is 84.0 Å². The highest BCUT2D eigenvalue weighted by Gasteiger charge is 2.32. The van der Waals surface area contributed by atoms with Crippen molar-refractivity contribution in [3.8, 4) is 11.4 Å². The molecule has 5 rings (SSSR count). The molecule has 0 radical (unpaired) electrons. The Hall–Kier alpha value is -3.58. The molecule has 6 nitrogen and oxygen atoms in total. The maximum Gasteiger partial charge on any atom is 0.242 e. The first-order chi connectivity index (χ1) is 16.6. The molecule has 172 valence electrons. The molecule has 3 aromatic carbocycles. The molecule has 1 aliphatic carbocycles. The zero-order valence-electron chi connectivity index (χ0n) is 19.1. The van der Waals surface area contributed by atoms with E-state index >= 15 is 0 Å². The number of aromatic nitrogens is 3. The number of hydrogen-bond donors (Lipinski definition) is 1. The van der Waals surface area contributed by atoms with E-state index in [4.69, 9.17) is 14.8 Å². The quantitative estimate of drug-likeness (QED) is 0.323. The molecule has 1 saturated carbocycles. The summed E-state index contributed by atoms with van der Waals surface area (Å²) in [6.07, 6.45) is 2.23. The van der Waals surface area contributed by atoms with Gasteiger partial charge in [0, 0.05) is 5.92 Å². The molecule has 1 amide bonds. The van der Waals surface area contributed by atoms with E-state index in [-0.39, 0.29) is 5.91 Å². The molecule has 0 saturated heterocycles. The first-order valence-electron chi connectivity index (χ1n) is 11.3. The zero-order chi connectivity index (χ0) is 23.5. The molecule has 4 aromatic rings. The summed E-state index contributed by atoms with van der Waals surface area (Å²) in [5, 5.41) is 7.94. The molecule has 0 spiro atoms. The highest BCUT2D eigenvalue weighted by atomic mass is 32.2. The van der Waals surface area contributed by atoms with Gasteiger partial charge in [0.05, 0.1) is 18.5 Å². The van der Waals surface area contributed by atoms with E-state index in [1.807, 2.05) is 90.5 Å². The van der Waals surface area contributed by atoms with Gasteiger partial charge in [0.15, 0.2) is 0 Å². The van der Waals surface area contributed by atoms with Gasteiger partial charge >= 0.3 is 0 Å². The minimum absolute atomic E-state index is 0.149. The third-order valence-electron chi connectivity index (χ3n) is 5.73. The van der Waals surface area contributed by atoms with Crippen molar-refractivity contribution in [2.75, 3.05) is 12.4 Å². The van der Waals surface area contributed by atoms with E-state index in [0.717, 1.165) is 35.5 Å². The number of para-hydroxylation sites is 1. The summed E-state index contributed by atoms with van der Waals surface area (Å²) in [4.78, 5) is 18.4. The maximum absolute atomic E-state index is 13.6. The van der Waals surface area contributed by atoms with Crippen molar-refractivity contribution in [3.63, 3.8) is 0 Å². The molecule has 1 aromatic heterocycles. The predicted molar refractivity (Wildman–Crippen MR) is 135 cm³/mol. The van der Waals surface area contributed by atoms with Crippen LogP contribution in [0.4, 0.5) is 5.69 Å². The standard InChI is InChI=1S/C27H26N4O2S/c1-18-13-16-23(33-2)22(17-18)28-26(32)24(19-9-5-3-6-10-19)34-27-29-25(20-14-15-20)31(30-27)21-11-7-4-8-12-21/h3-13,16-17,20,24H,14-15H2,1-2H3,(H,28,32)/t24-/m0/s1. The minimum atomic E-state index is -0.523. The topological polar surface area (TPSA) is 69.0 Å². The fourth-order valence-corrected chi connectivity index (χ4v) is 4.79. The highest BCUT2D eigenvalue weighted by molar-refractivity contribution is 8.00. The van der Waals surface area contributed by atoms with Gasteiger partial charge in [-0.25, -0.2) is 9.67 Å². The summed E-state index contributed by atoms with van der Waals surface area (Å²) >= 11 is 1.37. The fourth-order valence-electron chi connectivity index (χ4n) is 3.84. The highest BCUT2D eigenvalue weighted by Crippen LogP contribution is 2.42. The summed E-state index contributed by atoms with van der Waals surface area (Å²) in [5.41, 5.74) is 3.56. The molecule has 34 heavy (non-hydrogen) atoms. The van der Waals surface area contributed by atoms with Crippen LogP contribution in [-0.4, -0.2) is 27.8 Å². The minimum Gasteiger partial charge on any atom is -0.495 e. The molecule has 7 heteroatoms. The number of rotatable bonds is 8. The van der Waals surface area contributed by atoms with Gasteiger partial charge in [0.2, 0.25) is 11.1 Å². The largest absolute Gasteiger partial charge is 0.495 e. The second kappa shape index (κ2) is 9.73. The Morgan fingerprint density at radius 2 is 1.76 bits per heavy atom. The predicted octanol–water partition coefficient (Wildman–Crippen LogP) is 5.93. The summed E-state index contributed by atoms with van der Waals surface area (Å²) in [6.45, 7) is 1.98. The van der Waals surface area contributed by atoms with Gasteiger partial charge in [-0.2, -0.15) is 0 Å². The number of benzene rings is 3. The van der Waals surface area contributed by atoms with E-state index < -0.39 is 5.25 Å². The van der Waals surface area contributed by atoms with Gasteiger partial charge in [-0.3, -0.25) is 4.79 Å². The van der Waals surface area contributed by atoms with Crippen LogP contribution in [0.2, 0.25) is 0 Å². The van der Waals surface area contributed by atoms with Crippen LogP contribution in [0.5, 0.6) is 5.75 Å². The average Bonchev–Trinajstić information content (AvgIpc) is 3.63. The van der Waals surface area contributed by atoms with Crippen LogP contribution in [0, 0.1) is 6.92 Å². The van der Waals surface area contributed by atoms with Crippen molar-refractivity contribution in [1.29, 1.82) is 0 Å². The lowest BCUT2D eigenvalue weighted by Gasteiger charge is -2.17. The number of anilines is 1. The molecule has 1 aliphatic rings. The van der Waals surface area contributed by atoms with Crippen LogP contribution in [0.3, 0.4) is 0 Å². The molecule has 1 fully saturated rings. The van der Waals surface area contributed by atoms with Gasteiger partial charge < -0.3 is 10.1 Å². The average molecular weight is 471 g/mol. The first kappa shape index (κ1) is 22.2. The van der Waals surface area contributed by atoms with Crippen molar-refractivity contribution in [2.24, 2.45) is 0 Å². The monoisotopic (exact) mass is 470 g/mol. The molecule has 1 atom stereocenters. The molecule has 0 aliphatic heterocycles. The lowest BCUT2D eigenvalue weighted by molar-refractivity contribution is -0.115. The lowest BCUT2D eigenvalue weighted by atomic mass is 10.1. The SMILES string of the molecule is COc1ccc(C)cc1NC(=O)[C@@H](Sc1nc(C2CC2)n(-c2ccccc2)n1)c1ccccc1. The second-order valence-corrected chi connectivity index (χ2v) is 9.45. The number of nitrogens with one attached hydrogen (secondary N) is 1. The van der Waals surface area contributed by atoms with Crippen LogP contribution in [0.1, 0.15) is 41.0 Å². The molecule has 0 unspecified atom stereocenters. The van der Waals surface area contributed by atoms with Crippen molar-refractivity contribution >= 4 is 23.4 Å². The number of thioether (sulfide) groups is 1. The zero-order valence-corrected chi connectivity index (χ0v) is 20.0. The van der Waals surface area contributed by atoms with Crippen molar-refractivity contribution < 1.29 is 9.53 Å². The molecule has 1 N–H and O–H groups in total. The van der Waals surface area contributed by atoms with E-state index in [1.165, 1.54) is 11.8 Å². The van der Waals surface area contributed by atoms with Crippen LogP contribution < -0.4 is 10.1 Å². The Balaban J connectivity index is 1.47. The van der Waals surface area contributed by atoms with E-state index in [9.17, 15) is 4.79 Å². The van der Waals surface area contributed by atoms with Gasteiger partial charge in [0.1, 0.15) is 16.8 Å². The van der Waals surface area contributed by atoms with Gasteiger partial charge in [-0.15, -0.1) is 5.10 Å². The van der Waals surface area contributed by atoms with E-state index in [1.54, 1.807) is 7.11 Å². The van der Waals surface area contributed by atoms with Crippen LogP contribution >= 0.6 is 11.8 Å². The Kier molecular flexibility index (Phi) is 6.36. The van der Waals surface area contributed by atoms with Gasteiger partial charge in [-0.05, 0) is 55.2 Å². The summed E-state index contributed by atoms with van der Waals surface area (Å²) in [6, 6.07) is 25.5. The number of methoxy groups -OCH3 is 1. The number of carbonyl (C=O) groups excluding carboxylic acids is 1. The Labute approximate surface area is 203 Å². The lowest BCUT2D eigenvalue weighted by Crippen LogP contribution is -2.19. The van der Waals surface area contributed by atoms with Crippen molar-refractivity contribution in [3.05, 3.63) is 95.8 Å². The molecular weight excluding hydrogens is 444 g/mol. The maximum atomic E-state index is 13.6. The smallest absolute Gasteiger partial charge is 0.242 e. The molecule has 0 bridgehead atoms. The molecular formula is C27H26N4O2S. The summed E-state index contributed by atoms with van der Waals surface area (Å²) in [7, 11) is 1.60. The number of nitrogens with zero attached hydrogens (tertiary/aromatic N) is 3. The number of carbonyl (C=O) groups is 1. The Morgan fingerprint density at radius 3 is 2.44 bits per heavy atom. The number of aryl methyl sites for hydroxylation is 1. The van der Waals surface area contributed by atoms with Crippen LogP contribution in [-0.2, 0) is 4.79 Å². The van der Waals surface area contributed by atoms with Crippen molar-refractivity contribution in [1.82, 2.24) is 14.8 Å². The summed E-state index contributed by atoms with van der Waals surface area (Å²) < 4.78 is 7.38. The third kappa shape index (κ3) is 4.84. The second-order valence-electron chi connectivity index (χ2n) is 8.38. The van der Waals surface area contributed by atoms with Gasteiger partial charge in [-0.1, -0.05) is 66.4 Å². The molecule has 1 heterocycles. The Bertz CT molecular complexity index is 1290. The normalized spacial score (nSPS) is 13.9.